The predicted molar refractivity (Wildman–Crippen MR) is 74.1 cm³/mol. The SMILES string of the molecule is C=CC(CC(=O)OC)[Si](C)(C)c1ccccc1. The number of hydrogen-bond donors (Lipinski definition) is 0. The van der Waals surface area contributed by atoms with Crippen LogP contribution < -0.4 is 5.19 Å². The molecule has 0 radical (unpaired) electrons. The Morgan fingerprint density at radius 3 is 2.47 bits per heavy atom. The molecule has 0 bridgehead atoms. The molecule has 0 aromatic heterocycles. The number of ether oxygens (including phenoxy) is 1. The zero-order valence-corrected chi connectivity index (χ0v) is 11.8. The molecule has 0 spiro atoms. The molecule has 1 unspecified atom stereocenters. The summed E-state index contributed by atoms with van der Waals surface area (Å²) in [5.41, 5.74) is 0.206. The maximum absolute atomic E-state index is 11.4. The van der Waals surface area contributed by atoms with Crippen LogP contribution in [0.3, 0.4) is 0 Å². The van der Waals surface area contributed by atoms with E-state index in [1.54, 1.807) is 0 Å². The Balaban J connectivity index is 2.94. The summed E-state index contributed by atoms with van der Waals surface area (Å²) in [6.07, 6.45) is 2.32. The summed E-state index contributed by atoms with van der Waals surface area (Å²) in [7, 11) is -0.277. The first-order valence-electron chi connectivity index (χ1n) is 5.77. The lowest BCUT2D eigenvalue weighted by atomic mass is 10.3. The molecule has 1 aromatic carbocycles. The van der Waals surface area contributed by atoms with Gasteiger partial charge in [0, 0.05) is 6.42 Å². The van der Waals surface area contributed by atoms with E-state index >= 15 is 0 Å². The second kappa shape index (κ2) is 5.82. The third-order valence-electron chi connectivity index (χ3n) is 3.34. The van der Waals surface area contributed by atoms with E-state index in [1.807, 2.05) is 24.3 Å². The molecule has 3 heteroatoms. The summed E-state index contributed by atoms with van der Waals surface area (Å²) >= 11 is 0. The van der Waals surface area contributed by atoms with Gasteiger partial charge in [0.1, 0.15) is 0 Å². The molecule has 0 fully saturated rings. The molecule has 0 aliphatic carbocycles. The van der Waals surface area contributed by atoms with Gasteiger partial charge in [-0.15, -0.1) is 6.58 Å². The summed E-state index contributed by atoms with van der Waals surface area (Å²) in [5.74, 6) is -0.161. The fraction of sp³-hybridized carbons (Fsp3) is 0.357. The van der Waals surface area contributed by atoms with Gasteiger partial charge < -0.3 is 4.74 Å². The van der Waals surface area contributed by atoms with E-state index in [0.717, 1.165) is 0 Å². The van der Waals surface area contributed by atoms with Crippen molar-refractivity contribution >= 4 is 19.2 Å². The monoisotopic (exact) mass is 248 g/mol. The maximum atomic E-state index is 11.4. The molecular weight excluding hydrogens is 228 g/mol. The summed E-state index contributed by atoms with van der Waals surface area (Å²) in [6, 6.07) is 10.4. The molecule has 0 aliphatic heterocycles. The molecule has 0 N–H and O–H groups in total. The zero-order valence-electron chi connectivity index (χ0n) is 10.8. The summed E-state index contributed by atoms with van der Waals surface area (Å²) in [4.78, 5) is 11.4. The first-order chi connectivity index (χ1) is 8.02. The number of benzene rings is 1. The summed E-state index contributed by atoms with van der Waals surface area (Å²) < 4.78 is 4.75. The standard InChI is InChI=1S/C14H20O2Si/c1-5-12(11-14(15)16-2)17(3,4)13-9-7-6-8-10-13/h5-10,12H,1,11H2,2-4H3. The van der Waals surface area contributed by atoms with Crippen LogP contribution in [0.5, 0.6) is 0 Å². The minimum Gasteiger partial charge on any atom is -0.469 e. The van der Waals surface area contributed by atoms with Gasteiger partial charge in [0.2, 0.25) is 0 Å². The molecule has 17 heavy (non-hydrogen) atoms. The number of methoxy groups -OCH3 is 1. The van der Waals surface area contributed by atoms with Crippen molar-refractivity contribution in [1.29, 1.82) is 0 Å². The van der Waals surface area contributed by atoms with Crippen LogP contribution in [0.1, 0.15) is 6.42 Å². The van der Waals surface area contributed by atoms with Crippen LogP contribution >= 0.6 is 0 Å². The highest BCUT2D eigenvalue weighted by Gasteiger charge is 2.33. The highest BCUT2D eigenvalue weighted by Crippen LogP contribution is 2.26. The Bertz CT molecular complexity index is 384. The lowest BCUT2D eigenvalue weighted by molar-refractivity contribution is -0.140. The van der Waals surface area contributed by atoms with E-state index in [9.17, 15) is 4.79 Å². The largest absolute Gasteiger partial charge is 0.469 e. The fourth-order valence-corrected chi connectivity index (χ4v) is 4.72. The molecule has 0 saturated carbocycles. The molecule has 1 aromatic rings. The van der Waals surface area contributed by atoms with Gasteiger partial charge in [0.25, 0.3) is 0 Å². The smallest absolute Gasteiger partial charge is 0.305 e. The number of carbonyl (C=O) groups is 1. The van der Waals surface area contributed by atoms with Crippen molar-refractivity contribution in [1.82, 2.24) is 0 Å². The van der Waals surface area contributed by atoms with Crippen LogP contribution in [0.4, 0.5) is 0 Å². The number of esters is 1. The Hall–Kier alpha value is -1.35. The predicted octanol–water partition coefficient (Wildman–Crippen LogP) is 2.72. The van der Waals surface area contributed by atoms with Crippen molar-refractivity contribution < 1.29 is 9.53 Å². The average Bonchev–Trinajstić information content (AvgIpc) is 2.36. The van der Waals surface area contributed by atoms with E-state index < -0.39 is 8.07 Å². The van der Waals surface area contributed by atoms with E-state index in [-0.39, 0.29) is 11.5 Å². The molecule has 92 valence electrons. The maximum Gasteiger partial charge on any atom is 0.305 e. The number of rotatable bonds is 5. The van der Waals surface area contributed by atoms with Crippen molar-refractivity contribution in [3.63, 3.8) is 0 Å². The van der Waals surface area contributed by atoms with Gasteiger partial charge >= 0.3 is 5.97 Å². The van der Waals surface area contributed by atoms with Crippen molar-refractivity contribution in [3.05, 3.63) is 43.0 Å². The molecule has 1 atom stereocenters. The lowest BCUT2D eigenvalue weighted by Gasteiger charge is -2.30. The third kappa shape index (κ3) is 3.30. The number of allylic oxidation sites excluding steroid dienone is 1. The van der Waals surface area contributed by atoms with Crippen molar-refractivity contribution in [2.75, 3.05) is 7.11 Å². The summed E-state index contributed by atoms with van der Waals surface area (Å²) in [6.45, 7) is 8.39. The summed E-state index contributed by atoms with van der Waals surface area (Å²) in [5, 5.41) is 1.34. The van der Waals surface area contributed by atoms with E-state index in [2.05, 4.69) is 31.8 Å². The van der Waals surface area contributed by atoms with Crippen molar-refractivity contribution in [2.45, 2.75) is 25.1 Å². The van der Waals surface area contributed by atoms with Gasteiger partial charge in [-0.25, -0.2) is 0 Å². The topological polar surface area (TPSA) is 26.3 Å². The number of hydrogen-bond acceptors (Lipinski definition) is 2. The second-order valence-electron chi connectivity index (χ2n) is 4.71. The average molecular weight is 248 g/mol. The van der Waals surface area contributed by atoms with Crippen LogP contribution in [0.15, 0.2) is 43.0 Å². The fourth-order valence-electron chi connectivity index (χ4n) is 1.98. The van der Waals surface area contributed by atoms with Gasteiger partial charge in [-0.1, -0.05) is 54.7 Å². The van der Waals surface area contributed by atoms with E-state index in [1.165, 1.54) is 12.3 Å². The van der Waals surface area contributed by atoms with Crippen molar-refractivity contribution in [3.8, 4) is 0 Å². The highest BCUT2D eigenvalue weighted by atomic mass is 28.3. The van der Waals surface area contributed by atoms with Crippen LogP contribution in [0, 0.1) is 0 Å². The van der Waals surface area contributed by atoms with E-state index in [4.69, 9.17) is 4.74 Å². The Kier molecular flexibility index (Phi) is 4.69. The van der Waals surface area contributed by atoms with Crippen LogP contribution in [-0.2, 0) is 9.53 Å². The first-order valence-corrected chi connectivity index (χ1v) is 8.85. The zero-order chi connectivity index (χ0) is 12.9. The van der Waals surface area contributed by atoms with Gasteiger partial charge in [-0.2, -0.15) is 0 Å². The highest BCUT2D eigenvalue weighted by molar-refractivity contribution is 6.91. The quantitative estimate of drug-likeness (QED) is 0.455. The Labute approximate surface area is 104 Å². The van der Waals surface area contributed by atoms with Gasteiger partial charge in [-0.3, -0.25) is 4.79 Å². The van der Waals surface area contributed by atoms with Crippen LogP contribution in [-0.4, -0.2) is 21.2 Å². The number of carbonyl (C=O) groups excluding carboxylic acids is 1. The van der Waals surface area contributed by atoms with Crippen LogP contribution in [0.2, 0.25) is 18.6 Å². The van der Waals surface area contributed by atoms with Crippen molar-refractivity contribution in [2.24, 2.45) is 0 Å². The normalized spacial score (nSPS) is 12.9. The Morgan fingerprint density at radius 1 is 1.41 bits per heavy atom. The van der Waals surface area contributed by atoms with Gasteiger partial charge in [0.05, 0.1) is 15.2 Å². The minimum atomic E-state index is -1.71. The van der Waals surface area contributed by atoms with Gasteiger partial charge in [-0.05, 0) is 5.54 Å². The second-order valence-corrected chi connectivity index (χ2v) is 9.47. The molecule has 2 nitrogen and oxygen atoms in total. The third-order valence-corrected chi connectivity index (χ3v) is 7.46. The molecule has 0 heterocycles. The molecule has 0 aliphatic rings. The lowest BCUT2D eigenvalue weighted by Crippen LogP contribution is -2.46. The van der Waals surface area contributed by atoms with Gasteiger partial charge in [0.15, 0.2) is 0 Å². The van der Waals surface area contributed by atoms with E-state index in [0.29, 0.717) is 6.42 Å². The molecular formula is C14H20O2Si. The molecule has 0 amide bonds. The molecule has 1 rings (SSSR count). The first kappa shape index (κ1) is 13.7. The molecule has 0 saturated heterocycles. The minimum absolute atomic E-state index is 0.161. The van der Waals surface area contributed by atoms with Crippen LogP contribution in [0.25, 0.3) is 0 Å². The Morgan fingerprint density at radius 2 is 2.00 bits per heavy atom.